The van der Waals surface area contributed by atoms with Crippen LogP contribution in [0.25, 0.3) is 0 Å². The molecule has 1 saturated heterocycles. The summed E-state index contributed by atoms with van der Waals surface area (Å²) < 4.78 is 22.3. The summed E-state index contributed by atoms with van der Waals surface area (Å²) in [5, 5.41) is 6.09. The number of alkyl carbamates (subject to hydrolysis) is 1. The van der Waals surface area contributed by atoms with Crippen molar-refractivity contribution in [1.82, 2.24) is 20.4 Å². The average molecular weight is 675 g/mol. The molecule has 47 heavy (non-hydrogen) atoms. The molecule has 4 aliphatic rings. The van der Waals surface area contributed by atoms with Gasteiger partial charge in [-0.05, 0) is 64.2 Å². The molecule has 5 atom stereocenters. The highest BCUT2D eigenvalue weighted by atomic mass is 35.5. The molecule has 13 nitrogen and oxygen atoms in total. The van der Waals surface area contributed by atoms with Gasteiger partial charge in [-0.25, -0.2) is 14.4 Å². The van der Waals surface area contributed by atoms with Crippen LogP contribution in [0.4, 0.5) is 9.59 Å². The van der Waals surface area contributed by atoms with Gasteiger partial charge in [-0.2, -0.15) is 0 Å². The molecule has 5 rings (SSSR count). The zero-order chi connectivity index (χ0) is 33.9. The summed E-state index contributed by atoms with van der Waals surface area (Å²) in [7, 11) is 0. The number of carbonyl (C=O) groups is 5. The largest absolute Gasteiger partial charge is 0.464 e. The quantitative estimate of drug-likeness (QED) is 0.278. The summed E-state index contributed by atoms with van der Waals surface area (Å²) in [5.41, 5.74) is -0.334. The van der Waals surface area contributed by atoms with E-state index in [9.17, 15) is 24.0 Å². The molecule has 3 aliphatic heterocycles. The monoisotopic (exact) mass is 674 g/mol. The number of halogens is 1. The maximum atomic E-state index is 14.2. The van der Waals surface area contributed by atoms with Crippen LogP contribution in [-0.4, -0.2) is 95.5 Å². The van der Waals surface area contributed by atoms with Crippen LogP contribution < -0.4 is 10.6 Å². The highest BCUT2D eigenvalue weighted by molar-refractivity contribution is 6.31. The van der Waals surface area contributed by atoms with Crippen molar-refractivity contribution in [2.75, 3.05) is 26.4 Å². The number of esters is 1. The van der Waals surface area contributed by atoms with Gasteiger partial charge in [-0.3, -0.25) is 14.5 Å². The maximum Gasteiger partial charge on any atom is 0.410 e. The van der Waals surface area contributed by atoms with Gasteiger partial charge in [0.25, 0.3) is 0 Å². The fourth-order valence-electron chi connectivity index (χ4n) is 6.28. The second kappa shape index (κ2) is 14.1. The van der Waals surface area contributed by atoms with Gasteiger partial charge in [-0.1, -0.05) is 35.9 Å². The number of fused-ring (bicyclic) bond motifs is 3. The number of nitrogens with zero attached hydrogens (tertiary/aromatic N) is 2. The molecule has 0 radical (unpaired) electrons. The zero-order valence-electron chi connectivity index (χ0n) is 27.2. The molecule has 0 aromatic heterocycles. The van der Waals surface area contributed by atoms with Crippen LogP contribution >= 0.6 is 11.6 Å². The number of ether oxygens (including phenoxy) is 4. The van der Waals surface area contributed by atoms with Crippen LogP contribution in [0.5, 0.6) is 0 Å². The minimum atomic E-state index is -1.29. The van der Waals surface area contributed by atoms with Crippen molar-refractivity contribution in [2.45, 2.75) is 95.8 Å². The third-order valence-corrected chi connectivity index (χ3v) is 9.01. The Balaban J connectivity index is 1.38. The zero-order valence-corrected chi connectivity index (χ0v) is 28.0. The molecule has 1 saturated carbocycles. The van der Waals surface area contributed by atoms with Gasteiger partial charge in [0.2, 0.25) is 11.8 Å². The molecular formula is C33H43ClN4O9. The van der Waals surface area contributed by atoms with Crippen molar-refractivity contribution in [2.24, 2.45) is 5.92 Å². The van der Waals surface area contributed by atoms with E-state index in [-0.39, 0.29) is 45.1 Å². The van der Waals surface area contributed by atoms with E-state index in [2.05, 4.69) is 10.6 Å². The molecule has 0 spiro atoms. The van der Waals surface area contributed by atoms with Gasteiger partial charge in [0.1, 0.15) is 29.3 Å². The summed E-state index contributed by atoms with van der Waals surface area (Å²) >= 11 is 6.34. The van der Waals surface area contributed by atoms with E-state index in [0.29, 0.717) is 31.0 Å². The van der Waals surface area contributed by atoms with Crippen LogP contribution in [0.2, 0.25) is 5.02 Å². The lowest BCUT2D eigenvalue weighted by molar-refractivity contribution is -0.150. The number of amides is 4. The van der Waals surface area contributed by atoms with Gasteiger partial charge in [0, 0.05) is 30.5 Å². The third kappa shape index (κ3) is 8.01. The molecule has 1 aliphatic carbocycles. The van der Waals surface area contributed by atoms with Crippen molar-refractivity contribution < 1.29 is 42.9 Å². The van der Waals surface area contributed by atoms with Crippen molar-refractivity contribution in [1.29, 1.82) is 0 Å². The minimum Gasteiger partial charge on any atom is -0.464 e. The van der Waals surface area contributed by atoms with Crippen LogP contribution in [0.3, 0.4) is 0 Å². The predicted molar refractivity (Wildman–Crippen MR) is 169 cm³/mol. The average Bonchev–Trinajstić information content (AvgIpc) is 3.31. The lowest BCUT2D eigenvalue weighted by atomic mass is 10.1. The first-order valence-corrected chi connectivity index (χ1v) is 16.4. The third-order valence-electron chi connectivity index (χ3n) is 8.65. The molecule has 2 N–H and O–H groups in total. The maximum absolute atomic E-state index is 14.2. The topological polar surface area (TPSA) is 153 Å². The van der Waals surface area contributed by atoms with E-state index in [4.69, 9.17) is 30.5 Å². The van der Waals surface area contributed by atoms with Crippen molar-refractivity contribution in [3.8, 4) is 0 Å². The number of hydrogen-bond acceptors (Lipinski definition) is 9. The fraction of sp³-hybridized carbons (Fsp3) is 0.606. The van der Waals surface area contributed by atoms with Crippen LogP contribution in [0.1, 0.15) is 64.5 Å². The lowest BCUT2D eigenvalue weighted by Crippen LogP contribution is -2.56. The number of benzene rings is 1. The van der Waals surface area contributed by atoms with E-state index in [1.165, 1.54) is 9.80 Å². The molecule has 1 aromatic rings. The smallest absolute Gasteiger partial charge is 0.410 e. The summed E-state index contributed by atoms with van der Waals surface area (Å²) in [6, 6.07) is 3.33. The van der Waals surface area contributed by atoms with E-state index in [1.807, 2.05) is 18.2 Å². The Labute approximate surface area is 279 Å². The standard InChI is InChI=1S/C33H43ClN4O9/c1-5-45-29(41)33-16-21(33)10-7-13-44-14-8-12-25(35-30(42)47-32(2,3)4)28(40)38-18-22(15-26(38)27(39)36-33)46-31(43)37-17-20-9-6-11-24(34)23(20)19-37/h6-7,9-11,21-22,25-26H,5,8,12-19H2,1-4H3,(H,35,42)(H,36,39)/b10-7-/t21-,22+,25-,26-,33+/m0/s1. The van der Waals surface area contributed by atoms with E-state index >= 15 is 0 Å². The summed E-state index contributed by atoms with van der Waals surface area (Å²) in [5.74, 6) is -2.00. The Kier molecular flexibility index (Phi) is 10.4. The summed E-state index contributed by atoms with van der Waals surface area (Å²) in [6.07, 6.45) is 2.35. The molecule has 256 valence electrons. The summed E-state index contributed by atoms with van der Waals surface area (Å²) in [4.78, 5) is 70.2. The number of nitrogens with one attached hydrogen (secondary N) is 2. The molecule has 3 heterocycles. The second-order valence-electron chi connectivity index (χ2n) is 13.3. The molecule has 0 bridgehead atoms. The fourth-order valence-corrected chi connectivity index (χ4v) is 6.54. The van der Waals surface area contributed by atoms with Crippen molar-refractivity contribution in [3.63, 3.8) is 0 Å². The molecule has 4 amide bonds. The van der Waals surface area contributed by atoms with Gasteiger partial charge < -0.3 is 34.5 Å². The molecular weight excluding hydrogens is 632 g/mol. The molecule has 14 heteroatoms. The number of rotatable bonds is 4. The Hall–Kier alpha value is -3.84. The van der Waals surface area contributed by atoms with Crippen LogP contribution in [0, 0.1) is 5.92 Å². The van der Waals surface area contributed by atoms with Crippen molar-refractivity contribution in [3.05, 3.63) is 46.5 Å². The Bertz CT molecular complexity index is 1430. The summed E-state index contributed by atoms with van der Waals surface area (Å²) in [6.45, 7) is 8.02. The van der Waals surface area contributed by atoms with Gasteiger partial charge in [0.15, 0.2) is 0 Å². The van der Waals surface area contributed by atoms with Crippen LogP contribution in [-0.2, 0) is 46.4 Å². The van der Waals surface area contributed by atoms with E-state index in [1.54, 1.807) is 39.8 Å². The molecule has 0 unspecified atom stereocenters. The Morgan fingerprint density at radius 2 is 1.98 bits per heavy atom. The van der Waals surface area contributed by atoms with Gasteiger partial charge >= 0.3 is 18.2 Å². The van der Waals surface area contributed by atoms with Gasteiger partial charge in [-0.15, -0.1) is 0 Å². The first-order valence-electron chi connectivity index (χ1n) is 16.1. The van der Waals surface area contributed by atoms with Gasteiger partial charge in [0.05, 0.1) is 26.3 Å². The highest BCUT2D eigenvalue weighted by Crippen LogP contribution is 2.46. The Morgan fingerprint density at radius 1 is 1.19 bits per heavy atom. The van der Waals surface area contributed by atoms with E-state index in [0.717, 1.165) is 11.1 Å². The van der Waals surface area contributed by atoms with Crippen LogP contribution in [0.15, 0.2) is 30.4 Å². The normalized spacial score (nSPS) is 28.4. The van der Waals surface area contributed by atoms with Crippen molar-refractivity contribution >= 4 is 41.6 Å². The molecule has 1 aromatic carbocycles. The lowest BCUT2D eigenvalue weighted by Gasteiger charge is -2.30. The SMILES string of the molecule is CCOC(=O)[C@@]12C[C@@H]1/C=C\COCCC[C@H](NC(=O)OC(C)(C)C)C(=O)N1C[C@H](OC(=O)N3Cc4cccc(Cl)c4C3)C[C@H]1C(=O)N2. The van der Waals surface area contributed by atoms with E-state index < -0.39 is 59.3 Å². The second-order valence-corrected chi connectivity index (χ2v) is 13.7. The highest BCUT2D eigenvalue weighted by Gasteiger charge is 2.62. The number of hydrogen-bond donors (Lipinski definition) is 2. The Morgan fingerprint density at radius 3 is 2.70 bits per heavy atom. The first-order chi connectivity index (χ1) is 22.3. The predicted octanol–water partition coefficient (Wildman–Crippen LogP) is 3.46. The first kappa shape index (κ1) is 34.5. The molecule has 2 fully saturated rings. The number of carbonyl (C=O) groups excluding carboxylic acids is 5. The minimum absolute atomic E-state index is 0.00740.